The summed E-state index contributed by atoms with van der Waals surface area (Å²) >= 11 is 1.84. The zero-order valence-corrected chi connectivity index (χ0v) is 22.7. The van der Waals surface area contributed by atoms with Gasteiger partial charge in [0.25, 0.3) is 0 Å². The summed E-state index contributed by atoms with van der Waals surface area (Å²) in [5, 5.41) is 5.00. The van der Waals surface area contributed by atoms with Crippen molar-refractivity contribution >= 4 is 59.3 Å². The second-order valence-electron chi connectivity index (χ2n) is 10.4. The Morgan fingerprint density at radius 2 is 1.27 bits per heavy atom. The van der Waals surface area contributed by atoms with Crippen molar-refractivity contribution < 1.29 is 4.42 Å². The Hall–Kier alpha value is -5.19. The van der Waals surface area contributed by atoms with Crippen molar-refractivity contribution in [1.82, 2.24) is 4.98 Å². The number of hydrogen-bond donors (Lipinski definition) is 0. The van der Waals surface area contributed by atoms with Gasteiger partial charge in [-0.1, -0.05) is 78.9 Å². The Balaban J connectivity index is 1.17. The van der Waals surface area contributed by atoms with Gasteiger partial charge in [-0.05, 0) is 60.0 Å². The van der Waals surface area contributed by atoms with E-state index in [1.807, 2.05) is 11.3 Å². The minimum absolute atomic E-state index is 0.644. The van der Waals surface area contributed by atoms with Crippen LogP contribution in [0.3, 0.4) is 0 Å². The fourth-order valence-corrected chi connectivity index (χ4v) is 7.36. The smallest absolute Gasteiger partial charge is 0.227 e. The first-order valence-corrected chi connectivity index (χ1v) is 14.5. The lowest BCUT2D eigenvalue weighted by Crippen LogP contribution is -2.10. The number of anilines is 3. The number of oxazole rings is 1. The molecule has 0 unspecified atom stereocenters. The number of hydrogen-bond acceptors (Lipinski definition) is 4. The van der Waals surface area contributed by atoms with Gasteiger partial charge in [-0.3, -0.25) is 0 Å². The molecular weight excluding hydrogens is 520 g/mol. The highest BCUT2D eigenvalue weighted by molar-refractivity contribution is 7.26. The number of fused-ring (bicyclic) bond motifs is 6. The van der Waals surface area contributed by atoms with E-state index in [9.17, 15) is 0 Å². The molecule has 192 valence electrons. The van der Waals surface area contributed by atoms with Crippen LogP contribution in [0.4, 0.5) is 17.1 Å². The van der Waals surface area contributed by atoms with E-state index in [4.69, 9.17) is 9.40 Å². The van der Waals surface area contributed by atoms with Crippen LogP contribution in [0.1, 0.15) is 0 Å². The third-order valence-electron chi connectivity index (χ3n) is 8.04. The number of para-hydroxylation sites is 1. The van der Waals surface area contributed by atoms with Crippen LogP contribution in [0.25, 0.3) is 65.0 Å². The minimum Gasteiger partial charge on any atom is -0.435 e. The zero-order chi connectivity index (χ0) is 26.9. The third kappa shape index (κ3) is 3.35. The van der Waals surface area contributed by atoms with Gasteiger partial charge in [-0.2, -0.15) is 0 Å². The summed E-state index contributed by atoms with van der Waals surface area (Å²) in [6.45, 7) is 0. The lowest BCUT2D eigenvalue weighted by Gasteiger charge is -2.26. The Morgan fingerprint density at radius 1 is 0.561 bits per heavy atom. The van der Waals surface area contributed by atoms with Crippen LogP contribution >= 0.6 is 11.3 Å². The molecule has 8 aromatic rings. The van der Waals surface area contributed by atoms with Gasteiger partial charge in [0.15, 0.2) is 5.76 Å². The highest BCUT2D eigenvalue weighted by Gasteiger charge is 2.28. The Labute approximate surface area is 240 Å². The van der Waals surface area contributed by atoms with Gasteiger partial charge in [0.05, 0.1) is 5.69 Å². The molecule has 0 saturated carbocycles. The van der Waals surface area contributed by atoms with E-state index in [-0.39, 0.29) is 0 Å². The Bertz CT molecular complexity index is 2210. The molecule has 0 fully saturated rings. The number of thiophene rings is 1. The Kier molecular flexibility index (Phi) is 4.77. The van der Waals surface area contributed by atoms with E-state index < -0.39 is 0 Å². The summed E-state index contributed by atoms with van der Waals surface area (Å²) in [5.74, 6) is 1.50. The van der Waals surface area contributed by atoms with Gasteiger partial charge < -0.3 is 9.32 Å². The van der Waals surface area contributed by atoms with E-state index >= 15 is 0 Å². The lowest BCUT2D eigenvalue weighted by atomic mass is 10.0. The number of benzene rings is 6. The molecule has 0 atom stereocenters. The second-order valence-corrected chi connectivity index (χ2v) is 11.5. The molecule has 6 aromatic carbocycles. The molecule has 1 aliphatic rings. The maximum Gasteiger partial charge on any atom is 0.227 e. The highest BCUT2D eigenvalue weighted by atomic mass is 32.1. The molecule has 0 radical (unpaired) electrons. The highest BCUT2D eigenvalue weighted by Crippen LogP contribution is 2.49. The molecule has 2 aromatic heterocycles. The summed E-state index contributed by atoms with van der Waals surface area (Å²) in [7, 11) is 0. The molecule has 2 heterocycles. The van der Waals surface area contributed by atoms with Crippen LogP contribution in [0.15, 0.2) is 138 Å². The number of rotatable bonds is 4. The van der Waals surface area contributed by atoms with Crippen molar-refractivity contribution in [2.24, 2.45) is 0 Å². The summed E-state index contributed by atoms with van der Waals surface area (Å²) < 4.78 is 9.01. The first kappa shape index (κ1) is 22.6. The predicted octanol–water partition coefficient (Wildman–Crippen LogP) is 11.0. The number of aromatic nitrogens is 1. The maximum atomic E-state index is 6.43. The summed E-state index contributed by atoms with van der Waals surface area (Å²) in [5.41, 5.74) is 7.51. The van der Waals surface area contributed by atoms with Crippen molar-refractivity contribution in [2.75, 3.05) is 4.90 Å². The van der Waals surface area contributed by atoms with Crippen LogP contribution in [0.5, 0.6) is 0 Å². The van der Waals surface area contributed by atoms with Gasteiger partial charge in [0.1, 0.15) is 5.69 Å². The van der Waals surface area contributed by atoms with E-state index in [1.54, 1.807) is 0 Å². The predicted molar refractivity (Wildman–Crippen MR) is 171 cm³/mol. The fourth-order valence-electron chi connectivity index (χ4n) is 6.24. The molecule has 41 heavy (non-hydrogen) atoms. The topological polar surface area (TPSA) is 29.3 Å². The van der Waals surface area contributed by atoms with Crippen LogP contribution < -0.4 is 4.90 Å². The van der Waals surface area contributed by atoms with E-state index in [1.165, 1.54) is 36.6 Å². The van der Waals surface area contributed by atoms with Crippen molar-refractivity contribution in [2.45, 2.75) is 0 Å². The molecular formula is C37H22N2OS. The number of nitrogens with zero attached hydrogens (tertiary/aromatic N) is 2. The molecule has 3 nitrogen and oxygen atoms in total. The Morgan fingerprint density at radius 3 is 2.12 bits per heavy atom. The molecule has 0 bridgehead atoms. The van der Waals surface area contributed by atoms with Crippen LogP contribution in [-0.4, -0.2) is 4.98 Å². The summed E-state index contributed by atoms with van der Waals surface area (Å²) in [6.07, 6.45) is 0. The molecule has 0 amide bonds. The molecule has 0 spiro atoms. The largest absolute Gasteiger partial charge is 0.435 e. The quantitative estimate of drug-likeness (QED) is 0.221. The van der Waals surface area contributed by atoms with Crippen molar-refractivity contribution in [3.05, 3.63) is 133 Å². The molecule has 0 aliphatic heterocycles. The van der Waals surface area contributed by atoms with Crippen molar-refractivity contribution in [1.29, 1.82) is 0 Å². The van der Waals surface area contributed by atoms with Crippen molar-refractivity contribution in [3.8, 4) is 34.0 Å². The van der Waals surface area contributed by atoms with Crippen LogP contribution in [0.2, 0.25) is 0 Å². The van der Waals surface area contributed by atoms with E-state index in [0.717, 1.165) is 39.5 Å². The lowest BCUT2D eigenvalue weighted by molar-refractivity contribution is 0.590. The van der Waals surface area contributed by atoms with Gasteiger partial charge in [-0.25, -0.2) is 4.98 Å². The average molecular weight is 543 g/mol. The minimum atomic E-state index is 0.644. The molecule has 9 rings (SSSR count). The third-order valence-corrected chi connectivity index (χ3v) is 9.18. The van der Waals surface area contributed by atoms with Gasteiger partial charge in [0.2, 0.25) is 5.89 Å². The zero-order valence-electron chi connectivity index (χ0n) is 21.9. The second kappa shape index (κ2) is 8.65. The maximum absolute atomic E-state index is 6.43. The fraction of sp³-hybridized carbons (Fsp3) is 0. The standard InChI is InChI=1S/C37H22N2OS/c1-2-11-25(12-3-1)39(30-16-8-18-32-34(30)27-13-4-5-17-31(27)41-32)26-21-19-24(20-22-26)37-38-35-28-14-6-9-23-10-7-15-29(33(23)28)36(35)40-37/h1-22H. The molecule has 1 aliphatic carbocycles. The van der Waals surface area contributed by atoms with Crippen LogP contribution in [-0.2, 0) is 0 Å². The molecule has 0 N–H and O–H groups in total. The molecule has 4 heteroatoms. The van der Waals surface area contributed by atoms with E-state index in [2.05, 4.69) is 138 Å². The van der Waals surface area contributed by atoms with Gasteiger partial charge in [-0.15, -0.1) is 11.3 Å². The van der Waals surface area contributed by atoms with Crippen molar-refractivity contribution in [3.63, 3.8) is 0 Å². The first-order valence-electron chi connectivity index (χ1n) is 13.7. The first-order chi connectivity index (χ1) is 20.3. The average Bonchev–Trinajstić information content (AvgIpc) is 3.71. The molecule has 0 saturated heterocycles. The summed E-state index contributed by atoms with van der Waals surface area (Å²) in [4.78, 5) is 7.33. The monoisotopic (exact) mass is 542 g/mol. The SMILES string of the molecule is c1ccc(N(c2ccc(-c3nc4c(o3)-c3cccc5cccc-4c35)cc2)c2cccc3sc4ccccc4c23)cc1. The normalized spacial score (nSPS) is 11.9. The van der Waals surface area contributed by atoms with Crippen LogP contribution in [0, 0.1) is 0 Å². The van der Waals surface area contributed by atoms with Gasteiger partial charge in [0, 0.05) is 53.6 Å². The van der Waals surface area contributed by atoms with Gasteiger partial charge >= 0.3 is 0 Å². The summed E-state index contributed by atoms with van der Waals surface area (Å²) in [6, 6.07) is 47.1. The van der Waals surface area contributed by atoms with E-state index in [0.29, 0.717) is 5.89 Å².